The smallest absolute Gasteiger partial charge is 0.120 e. The first kappa shape index (κ1) is 18.9. The van der Waals surface area contributed by atoms with Gasteiger partial charge in [0, 0.05) is 30.7 Å². The van der Waals surface area contributed by atoms with Crippen LogP contribution in [0.5, 0.6) is 5.75 Å². The maximum Gasteiger partial charge on any atom is 0.120 e. The molecule has 0 saturated carbocycles. The summed E-state index contributed by atoms with van der Waals surface area (Å²) >= 11 is 3.47. The Bertz CT molecular complexity index is 742. The minimum absolute atomic E-state index is 0.714. The van der Waals surface area contributed by atoms with E-state index in [1.807, 2.05) is 36.4 Å². The SMILES string of the molecule is N#Cc1ccc(CN2CCCN(CCOc3cccc(Br)c3)CC2)cc1. The van der Waals surface area contributed by atoms with E-state index in [2.05, 4.69) is 43.9 Å². The van der Waals surface area contributed by atoms with Crippen LogP contribution in [-0.2, 0) is 6.54 Å². The van der Waals surface area contributed by atoms with E-state index in [1.54, 1.807) is 0 Å². The van der Waals surface area contributed by atoms with Gasteiger partial charge in [0.25, 0.3) is 0 Å². The van der Waals surface area contributed by atoms with Crippen molar-refractivity contribution in [2.75, 3.05) is 39.3 Å². The summed E-state index contributed by atoms with van der Waals surface area (Å²) in [5.74, 6) is 0.914. The summed E-state index contributed by atoms with van der Waals surface area (Å²) in [4.78, 5) is 4.98. The van der Waals surface area contributed by atoms with Gasteiger partial charge in [-0.15, -0.1) is 0 Å². The zero-order valence-electron chi connectivity index (χ0n) is 14.9. The molecule has 0 amide bonds. The van der Waals surface area contributed by atoms with Gasteiger partial charge in [-0.3, -0.25) is 9.80 Å². The van der Waals surface area contributed by atoms with Gasteiger partial charge in [0.05, 0.1) is 11.6 Å². The fourth-order valence-corrected chi connectivity index (χ4v) is 3.58. The van der Waals surface area contributed by atoms with Crippen LogP contribution in [0.2, 0.25) is 0 Å². The highest BCUT2D eigenvalue weighted by molar-refractivity contribution is 9.10. The Labute approximate surface area is 164 Å². The summed E-state index contributed by atoms with van der Waals surface area (Å²) in [6.07, 6.45) is 1.17. The Hall–Kier alpha value is -1.87. The van der Waals surface area contributed by atoms with E-state index in [0.29, 0.717) is 6.61 Å². The summed E-state index contributed by atoms with van der Waals surface area (Å²) in [6, 6.07) is 18.1. The second-order valence-electron chi connectivity index (χ2n) is 6.59. The van der Waals surface area contributed by atoms with Gasteiger partial charge in [-0.25, -0.2) is 0 Å². The van der Waals surface area contributed by atoms with E-state index in [1.165, 1.54) is 12.0 Å². The molecule has 0 aromatic heterocycles. The molecule has 136 valence electrons. The average Bonchev–Trinajstić information content (AvgIpc) is 2.88. The molecule has 1 heterocycles. The normalized spacial score (nSPS) is 16.0. The first-order chi connectivity index (χ1) is 12.7. The number of nitrogens with zero attached hydrogens (tertiary/aromatic N) is 3. The lowest BCUT2D eigenvalue weighted by Gasteiger charge is -2.22. The van der Waals surface area contributed by atoms with Gasteiger partial charge in [0.15, 0.2) is 0 Å². The van der Waals surface area contributed by atoms with Crippen molar-refractivity contribution in [3.8, 4) is 11.8 Å². The second-order valence-corrected chi connectivity index (χ2v) is 7.50. The number of benzene rings is 2. The van der Waals surface area contributed by atoms with Crippen molar-refractivity contribution in [1.82, 2.24) is 9.80 Å². The van der Waals surface area contributed by atoms with Crippen molar-refractivity contribution in [2.24, 2.45) is 0 Å². The maximum atomic E-state index is 8.89. The number of nitriles is 1. The van der Waals surface area contributed by atoms with E-state index in [9.17, 15) is 0 Å². The third-order valence-electron chi connectivity index (χ3n) is 4.64. The molecular weight excluding hydrogens is 390 g/mol. The van der Waals surface area contributed by atoms with E-state index < -0.39 is 0 Å². The van der Waals surface area contributed by atoms with Gasteiger partial charge in [-0.1, -0.05) is 34.1 Å². The van der Waals surface area contributed by atoms with Crippen LogP contribution in [0.1, 0.15) is 17.5 Å². The predicted octanol–water partition coefficient (Wildman–Crippen LogP) is 3.91. The molecule has 0 bridgehead atoms. The lowest BCUT2D eigenvalue weighted by molar-refractivity contribution is 0.207. The third-order valence-corrected chi connectivity index (χ3v) is 5.14. The highest BCUT2D eigenvalue weighted by Crippen LogP contribution is 2.17. The van der Waals surface area contributed by atoms with Crippen LogP contribution >= 0.6 is 15.9 Å². The fraction of sp³-hybridized carbons (Fsp3) is 0.381. The van der Waals surface area contributed by atoms with Crippen molar-refractivity contribution in [3.05, 3.63) is 64.1 Å². The van der Waals surface area contributed by atoms with Crippen LogP contribution in [0.3, 0.4) is 0 Å². The van der Waals surface area contributed by atoms with Crippen molar-refractivity contribution in [2.45, 2.75) is 13.0 Å². The molecule has 1 aliphatic rings. The summed E-state index contributed by atoms with van der Waals surface area (Å²) in [5, 5.41) is 8.89. The van der Waals surface area contributed by atoms with Gasteiger partial charge in [-0.2, -0.15) is 5.26 Å². The first-order valence-corrected chi connectivity index (χ1v) is 9.84. The molecule has 2 aromatic carbocycles. The van der Waals surface area contributed by atoms with Crippen LogP contribution in [0, 0.1) is 11.3 Å². The van der Waals surface area contributed by atoms with Gasteiger partial charge in [0.1, 0.15) is 12.4 Å². The monoisotopic (exact) mass is 413 g/mol. The molecule has 1 fully saturated rings. The Balaban J connectivity index is 1.42. The largest absolute Gasteiger partial charge is 0.492 e. The van der Waals surface area contributed by atoms with Gasteiger partial charge >= 0.3 is 0 Å². The molecule has 1 aliphatic heterocycles. The van der Waals surface area contributed by atoms with Crippen molar-refractivity contribution >= 4 is 15.9 Å². The lowest BCUT2D eigenvalue weighted by Crippen LogP contribution is -2.33. The number of hydrogen-bond donors (Lipinski definition) is 0. The fourth-order valence-electron chi connectivity index (χ4n) is 3.20. The zero-order valence-corrected chi connectivity index (χ0v) is 16.5. The molecule has 0 radical (unpaired) electrons. The second kappa shape index (κ2) is 9.72. The van der Waals surface area contributed by atoms with Crippen molar-refractivity contribution in [1.29, 1.82) is 5.26 Å². The molecule has 0 N–H and O–H groups in total. The highest BCUT2D eigenvalue weighted by Gasteiger charge is 2.15. The minimum Gasteiger partial charge on any atom is -0.492 e. The molecule has 0 atom stereocenters. The number of hydrogen-bond acceptors (Lipinski definition) is 4. The van der Waals surface area contributed by atoms with E-state index in [4.69, 9.17) is 10.00 Å². The summed E-state index contributed by atoms with van der Waals surface area (Å²) in [5.41, 5.74) is 2.00. The van der Waals surface area contributed by atoms with Crippen LogP contribution in [0.15, 0.2) is 53.0 Å². The van der Waals surface area contributed by atoms with Crippen molar-refractivity contribution in [3.63, 3.8) is 0 Å². The van der Waals surface area contributed by atoms with Gasteiger partial charge < -0.3 is 4.74 Å². The molecule has 0 unspecified atom stereocenters. The lowest BCUT2D eigenvalue weighted by atomic mass is 10.1. The Kier molecular flexibility index (Phi) is 7.07. The first-order valence-electron chi connectivity index (χ1n) is 9.05. The predicted molar refractivity (Wildman–Crippen MR) is 107 cm³/mol. The summed E-state index contributed by atoms with van der Waals surface area (Å²) < 4.78 is 6.91. The van der Waals surface area contributed by atoms with Gasteiger partial charge in [0.2, 0.25) is 0 Å². The van der Waals surface area contributed by atoms with Gasteiger partial charge in [-0.05, 0) is 55.4 Å². The zero-order chi connectivity index (χ0) is 18.2. The molecule has 0 spiro atoms. The molecular formula is C21H24BrN3O. The average molecular weight is 414 g/mol. The molecule has 0 aliphatic carbocycles. The van der Waals surface area contributed by atoms with Crippen LogP contribution < -0.4 is 4.74 Å². The molecule has 5 heteroatoms. The Morgan fingerprint density at radius 3 is 2.54 bits per heavy atom. The Morgan fingerprint density at radius 2 is 1.77 bits per heavy atom. The molecule has 2 aromatic rings. The maximum absolute atomic E-state index is 8.89. The summed E-state index contributed by atoms with van der Waals surface area (Å²) in [6.45, 7) is 6.99. The quantitative estimate of drug-likeness (QED) is 0.719. The molecule has 26 heavy (non-hydrogen) atoms. The Morgan fingerprint density at radius 1 is 1.00 bits per heavy atom. The van der Waals surface area contributed by atoms with E-state index in [0.717, 1.165) is 55.1 Å². The van der Waals surface area contributed by atoms with E-state index in [-0.39, 0.29) is 0 Å². The topological polar surface area (TPSA) is 39.5 Å². The van der Waals surface area contributed by atoms with Crippen LogP contribution in [0.25, 0.3) is 0 Å². The molecule has 3 rings (SSSR count). The van der Waals surface area contributed by atoms with Crippen LogP contribution in [0.4, 0.5) is 0 Å². The highest BCUT2D eigenvalue weighted by atomic mass is 79.9. The standard InChI is InChI=1S/C21H24BrN3O/c22-20-3-1-4-21(15-20)26-14-13-24-9-2-10-25(12-11-24)17-19-7-5-18(16-23)6-8-19/h1,3-8,15H,2,9-14,17H2. The van der Waals surface area contributed by atoms with Crippen LogP contribution in [-0.4, -0.2) is 49.1 Å². The van der Waals surface area contributed by atoms with Crippen molar-refractivity contribution < 1.29 is 4.74 Å². The number of ether oxygens (including phenoxy) is 1. The number of rotatable bonds is 6. The third kappa shape index (κ3) is 5.84. The summed E-state index contributed by atoms with van der Waals surface area (Å²) in [7, 11) is 0. The molecule has 4 nitrogen and oxygen atoms in total. The molecule has 1 saturated heterocycles. The van der Waals surface area contributed by atoms with E-state index >= 15 is 0 Å². The number of halogens is 1. The minimum atomic E-state index is 0.714.